The normalized spacial score (nSPS) is 19.5. The van der Waals surface area contributed by atoms with Gasteiger partial charge < -0.3 is 4.52 Å². The van der Waals surface area contributed by atoms with Crippen molar-refractivity contribution in [1.82, 2.24) is 15.0 Å². The van der Waals surface area contributed by atoms with Crippen LogP contribution in [-0.4, -0.2) is 47.2 Å². The van der Waals surface area contributed by atoms with E-state index in [2.05, 4.69) is 28.8 Å². The lowest BCUT2D eigenvalue weighted by Gasteiger charge is -2.36. The van der Waals surface area contributed by atoms with E-state index in [9.17, 15) is 0 Å². The molecule has 2 heterocycles. The summed E-state index contributed by atoms with van der Waals surface area (Å²) in [4.78, 5) is 5.00. The molecule has 1 fully saturated rings. The summed E-state index contributed by atoms with van der Waals surface area (Å²) in [5.74, 6) is 0. The van der Waals surface area contributed by atoms with Crippen molar-refractivity contribution in [2.45, 2.75) is 33.4 Å². The van der Waals surface area contributed by atoms with Crippen LogP contribution >= 0.6 is 0 Å². The van der Waals surface area contributed by atoms with Crippen LogP contribution in [0.15, 0.2) is 10.8 Å². The quantitative estimate of drug-likeness (QED) is 0.777. The first kappa shape index (κ1) is 11.6. The Morgan fingerprint density at radius 1 is 1.31 bits per heavy atom. The highest BCUT2D eigenvalue weighted by atomic mass is 16.5. The van der Waals surface area contributed by atoms with Gasteiger partial charge in [0.2, 0.25) is 0 Å². The van der Waals surface area contributed by atoms with Crippen LogP contribution in [0.2, 0.25) is 0 Å². The lowest BCUT2D eigenvalue weighted by atomic mass is 10.2. The second-order valence-corrected chi connectivity index (χ2v) is 4.83. The third-order valence-electron chi connectivity index (χ3n) is 3.38. The lowest BCUT2D eigenvalue weighted by Crippen LogP contribution is -2.48. The van der Waals surface area contributed by atoms with Crippen molar-refractivity contribution in [2.75, 3.05) is 26.2 Å². The molecule has 0 amide bonds. The summed E-state index contributed by atoms with van der Waals surface area (Å²) in [6.07, 6.45) is 1.77. The number of hydrogen-bond acceptors (Lipinski definition) is 4. The zero-order chi connectivity index (χ0) is 11.5. The van der Waals surface area contributed by atoms with E-state index in [0.29, 0.717) is 6.04 Å². The van der Waals surface area contributed by atoms with Gasteiger partial charge in [0.1, 0.15) is 6.26 Å². The molecule has 16 heavy (non-hydrogen) atoms. The summed E-state index contributed by atoms with van der Waals surface area (Å²) in [5, 5.41) is 3.91. The number of piperazine rings is 1. The fraction of sp³-hybridized carbons (Fsp3) is 0.750. The largest absolute Gasteiger partial charge is 0.364 e. The molecule has 1 saturated heterocycles. The molecule has 90 valence electrons. The maximum Gasteiger partial charge on any atom is 0.128 e. The Hall–Kier alpha value is -0.870. The van der Waals surface area contributed by atoms with Crippen LogP contribution in [0, 0.1) is 6.92 Å². The fourth-order valence-electron chi connectivity index (χ4n) is 2.14. The SMILES string of the molecule is Cc1nocc1CN1CCN(C(C)C)CC1. The van der Waals surface area contributed by atoms with E-state index < -0.39 is 0 Å². The molecule has 0 aromatic carbocycles. The zero-order valence-electron chi connectivity index (χ0n) is 10.4. The molecule has 0 atom stereocenters. The molecule has 0 spiro atoms. The average Bonchev–Trinajstić information content (AvgIpc) is 2.65. The molecule has 0 saturated carbocycles. The highest BCUT2D eigenvalue weighted by molar-refractivity contribution is 5.12. The third kappa shape index (κ3) is 2.62. The first-order chi connectivity index (χ1) is 7.66. The summed E-state index contributed by atoms with van der Waals surface area (Å²) < 4.78 is 4.96. The summed E-state index contributed by atoms with van der Waals surface area (Å²) in [6, 6.07) is 0.666. The fourth-order valence-corrected chi connectivity index (χ4v) is 2.14. The number of hydrogen-bond donors (Lipinski definition) is 0. The average molecular weight is 223 g/mol. The van der Waals surface area contributed by atoms with Gasteiger partial charge in [-0.2, -0.15) is 0 Å². The smallest absolute Gasteiger partial charge is 0.128 e. The molecule has 1 aromatic heterocycles. The number of aryl methyl sites for hydroxylation is 1. The second-order valence-electron chi connectivity index (χ2n) is 4.83. The Bertz CT molecular complexity index is 327. The molecular formula is C12H21N3O. The Labute approximate surface area is 97.2 Å². The minimum Gasteiger partial charge on any atom is -0.364 e. The zero-order valence-corrected chi connectivity index (χ0v) is 10.4. The molecule has 0 bridgehead atoms. The van der Waals surface area contributed by atoms with Crippen LogP contribution in [-0.2, 0) is 6.54 Å². The van der Waals surface area contributed by atoms with Gasteiger partial charge in [-0.3, -0.25) is 9.80 Å². The lowest BCUT2D eigenvalue weighted by molar-refractivity contribution is 0.104. The van der Waals surface area contributed by atoms with E-state index >= 15 is 0 Å². The third-order valence-corrected chi connectivity index (χ3v) is 3.38. The standard InChI is InChI=1S/C12H21N3O/c1-10(2)15-6-4-14(5-7-15)8-12-9-16-13-11(12)3/h9-10H,4-8H2,1-3H3. The molecule has 4 nitrogen and oxygen atoms in total. The van der Waals surface area contributed by atoms with Crippen molar-refractivity contribution < 1.29 is 4.52 Å². The van der Waals surface area contributed by atoms with E-state index in [1.54, 1.807) is 6.26 Å². The van der Waals surface area contributed by atoms with Gasteiger partial charge in [0.05, 0.1) is 5.69 Å². The Morgan fingerprint density at radius 2 is 2.00 bits per heavy atom. The van der Waals surface area contributed by atoms with Crippen molar-refractivity contribution in [2.24, 2.45) is 0 Å². The highest BCUT2D eigenvalue weighted by Gasteiger charge is 2.19. The van der Waals surface area contributed by atoms with Gasteiger partial charge in [-0.25, -0.2) is 0 Å². The van der Waals surface area contributed by atoms with Gasteiger partial charge in [0, 0.05) is 44.3 Å². The van der Waals surface area contributed by atoms with Gasteiger partial charge in [0.15, 0.2) is 0 Å². The Morgan fingerprint density at radius 3 is 2.50 bits per heavy atom. The topological polar surface area (TPSA) is 32.5 Å². The predicted molar refractivity (Wildman–Crippen MR) is 63.2 cm³/mol. The molecular weight excluding hydrogens is 202 g/mol. The van der Waals surface area contributed by atoms with Crippen LogP contribution in [0.25, 0.3) is 0 Å². The summed E-state index contributed by atoms with van der Waals surface area (Å²) in [5.41, 5.74) is 2.24. The molecule has 0 N–H and O–H groups in total. The first-order valence-corrected chi connectivity index (χ1v) is 6.03. The van der Waals surface area contributed by atoms with Gasteiger partial charge in [0.25, 0.3) is 0 Å². The van der Waals surface area contributed by atoms with E-state index in [-0.39, 0.29) is 0 Å². The van der Waals surface area contributed by atoms with Crippen molar-refractivity contribution in [3.05, 3.63) is 17.5 Å². The van der Waals surface area contributed by atoms with Crippen LogP contribution in [0.3, 0.4) is 0 Å². The van der Waals surface area contributed by atoms with Crippen LogP contribution in [0.4, 0.5) is 0 Å². The molecule has 4 heteroatoms. The highest BCUT2D eigenvalue weighted by Crippen LogP contribution is 2.12. The van der Waals surface area contributed by atoms with Crippen molar-refractivity contribution >= 4 is 0 Å². The molecule has 1 aromatic rings. The van der Waals surface area contributed by atoms with Crippen molar-refractivity contribution in [3.63, 3.8) is 0 Å². The van der Waals surface area contributed by atoms with Gasteiger partial charge in [-0.1, -0.05) is 5.16 Å². The minimum atomic E-state index is 0.666. The molecule has 1 aliphatic rings. The summed E-state index contributed by atoms with van der Waals surface area (Å²) in [6.45, 7) is 12.1. The first-order valence-electron chi connectivity index (χ1n) is 6.03. The number of nitrogens with zero attached hydrogens (tertiary/aromatic N) is 3. The van der Waals surface area contributed by atoms with Crippen LogP contribution < -0.4 is 0 Å². The van der Waals surface area contributed by atoms with Crippen molar-refractivity contribution in [3.8, 4) is 0 Å². The molecule has 0 aliphatic carbocycles. The maximum atomic E-state index is 4.96. The minimum absolute atomic E-state index is 0.666. The Balaban J connectivity index is 1.84. The summed E-state index contributed by atoms with van der Waals surface area (Å²) in [7, 11) is 0. The molecule has 2 rings (SSSR count). The van der Waals surface area contributed by atoms with E-state index in [1.165, 1.54) is 18.7 Å². The van der Waals surface area contributed by atoms with Crippen molar-refractivity contribution in [1.29, 1.82) is 0 Å². The monoisotopic (exact) mass is 223 g/mol. The van der Waals surface area contributed by atoms with E-state index in [1.807, 2.05) is 6.92 Å². The van der Waals surface area contributed by atoms with Crippen LogP contribution in [0.1, 0.15) is 25.1 Å². The van der Waals surface area contributed by atoms with E-state index in [4.69, 9.17) is 4.52 Å². The van der Waals surface area contributed by atoms with E-state index in [0.717, 1.165) is 25.3 Å². The number of aromatic nitrogens is 1. The maximum absolute atomic E-state index is 4.96. The molecule has 0 unspecified atom stereocenters. The second kappa shape index (κ2) is 4.97. The Kier molecular flexibility index (Phi) is 3.61. The van der Waals surface area contributed by atoms with Gasteiger partial charge in [-0.15, -0.1) is 0 Å². The summed E-state index contributed by atoms with van der Waals surface area (Å²) >= 11 is 0. The van der Waals surface area contributed by atoms with Gasteiger partial charge >= 0.3 is 0 Å². The molecule has 1 aliphatic heterocycles. The predicted octanol–water partition coefficient (Wildman–Crippen LogP) is 1.51. The van der Waals surface area contributed by atoms with Crippen LogP contribution in [0.5, 0.6) is 0 Å². The van der Waals surface area contributed by atoms with Gasteiger partial charge in [-0.05, 0) is 20.8 Å². The number of rotatable bonds is 3. The molecule has 0 radical (unpaired) electrons.